The number of halogens is 3. The Morgan fingerprint density at radius 3 is 2.18 bits per heavy atom. The zero-order chi connectivity index (χ0) is 9.07. The third kappa shape index (κ3) is 2.90. The van der Waals surface area contributed by atoms with E-state index in [4.69, 9.17) is 5.84 Å². The molecular formula is C6H11F3N2. The zero-order valence-electron chi connectivity index (χ0n) is 6.20. The van der Waals surface area contributed by atoms with Gasteiger partial charge in [-0.2, -0.15) is 13.2 Å². The number of hydrogen-bond acceptors (Lipinski definition) is 2. The molecule has 0 heterocycles. The molecule has 1 unspecified atom stereocenters. The molecule has 0 rings (SSSR count). The van der Waals surface area contributed by atoms with E-state index in [0.29, 0.717) is 0 Å². The first-order valence-electron chi connectivity index (χ1n) is 3.15. The van der Waals surface area contributed by atoms with Crippen LogP contribution in [0.2, 0.25) is 0 Å². The summed E-state index contributed by atoms with van der Waals surface area (Å²) in [5.41, 5.74) is 1.21. The number of hydrogen-bond donors (Lipinski definition) is 2. The quantitative estimate of drug-likeness (QED) is 0.379. The molecule has 2 nitrogen and oxygen atoms in total. The van der Waals surface area contributed by atoms with Crippen molar-refractivity contribution in [1.82, 2.24) is 5.43 Å². The van der Waals surface area contributed by atoms with Gasteiger partial charge >= 0.3 is 6.18 Å². The molecule has 0 spiro atoms. The molecule has 0 aliphatic carbocycles. The predicted molar refractivity (Wildman–Crippen MR) is 36.6 cm³/mol. The first kappa shape index (κ1) is 10.4. The first-order chi connectivity index (χ1) is 4.93. The van der Waals surface area contributed by atoms with Crippen molar-refractivity contribution in [2.45, 2.75) is 25.6 Å². The van der Waals surface area contributed by atoms with Gasteiger partial charge in [0.05, 0.1) is 6.04 Å². The topological polar surface area (TPSA) is 38.0 Å². The second-order valence-electron chi connectivity index (χ2n) is 2.15. The molecule has 0 aromatic rings. The number of hydrazine groups is 1. The molecule has 0 aliphatic rings. The smallest absolute Gasteiger partial charge is 0.271 e. The Bertz CT molecular complexity index is 137. The van der Waals surface area contributed by atoms with Gasteiger partial charge in [0.25, 0.3) is 0 Å². The summed E-state index contributed by atoms with van der Waals surface area (Å²) in [7, 11) is 0. The molecule has 11 heavy (non-hydrogen) atoms. The Morgan fingerprint density at radius 2 is 2.09 bits per heavy atom. The lowest BCUT2D eigenvalue weighted by molar-refractivity contribution is -0.0963. The highest BCUT2D eigenvalue weighted by Crippen LogP contribution is 2.27. The largest absolute Gasteiger partial charge is 0.413 e. The highest BCUT2D eigenvalue weighted by atomic mass is 19.4. The van der Waals surface area contributed by atoms with Gasteiger partial charge in [0.1, 0.15) is 0 Å². The van der Waals surface area contributed by atoms with Crippen LogP contribution < -0.4 is 11.3 Å². The van der Waals surface area contributed by atoms with Crippen LogP contribution in [0.4, 0.5) is 13.2 Å². The van der Waals surface area contributed by atoms with Crippen LogP contribution in [0.15, 0.2) is 12.2 Å². The van der Waals surface area contributed by atoms with Crippen molar-refractivity contribution in [3.63, 3.8) is 0 Å². The van der Waals surface area contributed by atoms with E-state index in [2.05, 4.69) is 6.58 Å². The molecule has 0 saturated heterocycles. The van der Waals surface area contributed by atoms with Gasteiger partial charge in [-0.15, -0.1) is 0 Å². The summed E-state index contributed by atoms with van der Waals surface area (Å²) in [6.45, 7) is 4.50. The van der Waals surface area contributed by atoms with Crippen molar-refractivity contribution < 1.29 is 13.2 Å². The second-order valence-corrected chi connectivity index (χ2v) is 2.15. The minimum Gasteiger partial charge on any atom is -0.271 e. The summed E-state index contributed by atoms with van der Waals surface area (Å²) in [6.07, 6.45) is -4.08. The normalized spacial score (nSPS) is 14.6. The maximum atomic E-state index is 11.9. The average Bonchev–Trinajstić information content (AvgIpc) is 1.88. The maximum Gasteiger partial charge on any atom is 0.413 e. The predicted octanol–water partition coefficient (Wildman–Crippen LogP) is 1.35. The van der Waals surface area contributed by atoms with Crippen molar-refractivity contribution in [3.05, 3.63) is 12.2 Å². The van der Waals surface area contributed by atoms with Gasteiger partial charge in [0, 0.05) is 5.57 Å². The average molecular weight is 168 g/mol. The van der Waals surface area contributed by atoms with Crippen LogP contribution in [-0.4, -0.2) is 12.2 Å². The Kier molecular flexibility index (Phi) is 3.54. The fourth-order valence-electron chi connectivity index (χ4n) is 0.662. The fourth-order valence-corrected chi connectivity index (χ4v) is 0.662. The number of nitrogens with one attached hydrogen (secondary N) is 1. The molecule has 0 fully saturated rings. The van der Waals surface area contributed by atoms with Gasteiger partial charge in [-0.05, 0) is 6.42 Å². The van der Waals surface area contributed by atoms with Crippen molar-refractivity contribution in [2.24, 2.45) is 5.84 Å². The highest BCUT2D eigenvalue weighted by molar-refractivity contribution is 5.10. The van der Waals surface area contributed by atoms with E-state index in [1.807, 2.05) is 5.43 Å². The Hall–Kier alpha value is -0.550. The summed E-state index contributed by atoms with van der Waals surface area (Å²) in [5.74, 6) is 4.87. The van der Waals surface area contributed by atoms with Crippen molar-refractivity contribution in [2.75, 3.05) is 0 Å². The van der Waals surface area contributed by atoms with E-state index in [0.717, 1.165) is 0 Å². The summed E-state index contributed by atoms with van der Waals surface area (Å²) in [5, 5.41) is 0. The Morgan fingerprint density at radius 1 is 1.64 bits per heavy atom. The molecule has 66 valence electrons. The molecule has 0 aromatic heterocycles. The van der Waals surface area contributed by atoms with Gasteiger partial charge in [-0.1, -0.05) is 13.5 Å². The van der Waals surface area contributed by atoms with E-state index in [-0.39, 0.29) is 6.42 Å². The van der Waals surface area contributed by atoms with Crippen LogP contribution in [0.25, 0.3) is 0 Å². The maximum absolute atomic E-state index is 11.9. The van der Waals surface area contributed by atoms with Crippen molar-refractivity contribution >= 4 is 0 Å². The van der Waals surface area contributed by atoms with Gasteiger partial charge in [-0.3, -0.25) is 11.3 Å². The third-order valence-corrected chi connectivity index (χ3v) is 1.39. The molecule has 0 saturated carbocycles. The molecule has 0 aromatic carbocycles. The fraction of sp³-hybridized carbons (Fsp3) is 0.667. The summed E-state index contributed by atoms with van der Waals surface area (Å²) in [6, 6.07) is -0.880. The van der Waals surface area contributed by atoms with Crippen LogP contribution >= 0.6 is 0 Å². The highest BCUT2D eigenvalue weighted by Gasteiger charge is 2.35. The number of rotatable bonds is 3. The number of alkyl halides is 3. The van der Waals surface area contributed by atoms with E-state index in [9.17, 15) is 13.2 Å². The summed E-state index contributed by atoms with van der Waals surface area (Å²) >= 11 is 0. The zero-order valence-corrected chi connectivity index (χ0v) is 6.20. The molecule has 0 bridgehead atoms. The number of nitrogens with two attached hydrogens (primary N) is 1. The monoisotopic (exact) mass is 168 g/mol. The summed E-state index contributed by atoms with van der Waals surface area (Å²) in [4.78, 5) is 0. The van der Waals surface area contributed by atoms with Crippen LogP contribution in [0.3, 0.4) is 0 Å². The first-order valence-corrected chi connectivity index (χ1v) is 3.15. The minimum absolute atomic E-state index is 0.273. The van der Waals surface area contributed by atoms with E-state index < -0.39 is 17.8 Å². The minimum atomic E-state index is -4.35. The molecule has 3 N–H and O–H groups in total. The SMILES string of the molecule is C=C(C(CC)NN)C(F)(F)F. The molecule has 5 heteroatoms. The molecule has 0 amide bonds. The van der Waals surface area contributed by atoms with Crippen LogP contribution in [0.5, 0.6) is 0 Å². The lowest BCUT2D eigenvalue weighted by Gasteiger charge is -2.18. The Labute approximate surface area is 63.2 Å². The second kappa shape index (κ2) is 3.73. The van der Waals surface area contributed by atoms with Gasteiger partial charge in [0.15, 0.2) is 0 Å². The van der Waals surface area contributed by atoms with Gasteiger partial charge < -0.3 is 0 Å². The summed E-state index contributed by atoms with van der Waals surface area (Å²) < 4.78 is 35.6. The molecule has 0 radical (unpaired) electrons. The van der Waals surface area contributed by atoms with Crippen LogP contribution in [-0.2, 0) is 0 Å². The third-order valence-electron chi connectivity index (χ3n) is 1.39. The van der Waals surface area contributed by atoms with E-state index in [1.54, 1.807) is 6.92 Å². The Balaban J connectivity index is 4.22. The standard InChI is InChI=1S/C6H11F3N2/c1-3-5(11-10)4(2)6(7,8)9/h5,11H,2-3,10H2,1H3. The lowest BCUT2D eigenvalue weighted by atomic mass is 10.1. The molecule has 0 aliphatic heterocycles. The lowest BCUT2D eigenvalue weighted by Crippen LogP contribution is -2.39. The van der Waals surface area contributed by atoms with Crippen LogP contribution in [0.1, 0.15) is 13.3 Å². The van der Waals surface area contributed by atoms with E-state index >= 15 is 0 Å². The van der Waals surface area contributed by atoms with Crippen LogP contribution in [0, 0.1) is 0 Å². The van der Waals surface area contributed by atoms with E-state index in [1.165, 1.54) is 0 Å². The van der Waals surface area contributed by atoms with Crippen molar-refractivity contribution in [1.29, 1.82) is 0 Å². The molecular weight excluding hydrogens is 157 g/mol. The molecule has 1 atom stereocenters. The van der Waals surface area contributed by atoms with Crippen molar-refractivity contribution in [3.8, 4) is 0 Å². The van der Waals surface area contributed by atoms with Gasteiger partial charge in [-0.25, -0.2) is 0 Å². The van der Waals surface area contributed by atoms with Gasteiger partial charge in [0.2, 0.25) is 0 Å².